The Morgan fingerprint density at radius 2 is 1.89 bits per heavy atom. The average Bonchev–Trinajstić information content (AvgIpc) is 2.77. The molecular weight excluding hydrogens is 238 g/mol. The van der Waals surface area contributed by atoms with Gasteiger partial charge in [0.05, 0.1) is 18.3 Å². The summed E-state index contributed by atoms with van der Waals surface area (Å²) in [5.74, 6) is 0. The molecule has 0 saturated heterocycles. The van der Waals surface area contributed by atoms with E-state index >= 15 is 0 Å². The number of nitrogens with one attached hydrogen (secondary N) is 1. The smallest absolute Gasteiger partial charge is 0.0727 e. The minimum absolute atomic E-state index is 0.285. The maximum atomic E-state index is 5.27. The summed E-state index contributed by atoms with van der Waals surface area (Å²) in [6.07, 6.45) is 1.98. The number of aromatic nitrogens is 2. The molecule has 1 aromatic rings. The van der Waals surface area contributed by atoms with E-state index in [-0.39, 0.29) is 6.04 Å². The molecule has 0 aliphatic heterocycles. The Balaban J connectivity index is 3.20. The number of methoxy groups -OCH3 is 1. The summed E-state index contributed by atoms with van der Waals surface area (Å²) in [5, 5.41) is 8.33. The minimum Gasteiger partial charge on any atom is -0.382 e. The van der Waals surface area contributed by atoms with Gasteiger partial charge < -0.3 is 10.1 Å². The zero-order chi connectivity index (χ0) is 14.4. The van der Waals surface area contributed by atoms with Crippen LogP contribution in [-0.4, -0.2) is 30.0 Å². The maximum Gasteiger partial charge on any atom is 0.0727 e. The largest absolute Gasteiger partial charge is 0.382 e. The molecule has 0 aliphatic rings. The van der Waals surface area contributed by atoms with Gasteiger partial charge in [0.25, 0.3) is 0 Å². The van der Waals surface area contributed by atoms with Crippen LogP contribution in [0, 0.1) is 0 Å². The molecule has 1 N–H and O–H groups in total. The van der Waals surface area contributed by atoms with Gasteiger partial charge in [0, 0.05) is 24.4 Å². The molecule has 1 aromatic heterocycles. The first kappa shape index (κ1) is 16.2. The fourth-order valence-electron chi connectivity index (χ4n) is 2.73. The second-order valence-corrected chi connectivity index (χ2v) is 5.04. The van der Waals surface area contributed by atoms with E-state index in [4.69, 9.17) is 9.84 Å². The van der Waals surface area contributed by atoms with E-state index in [1.165, 1.54) is 17.0 Å². The molecule has 0 aliphatic carbocycles. The molecule has 0 radical (unpaired) electrons. The summed E-state index contributed by atoms with van der Waals surface area (Å²) >= 11 is 0. The Morgan fingerprint density at radius 3 is 2.37 bits per heavy atom. The van der Waals surface area contributed by atoms with Crippen molar-refractivity contribution in [3.63, 3.8) is 0 Å². The molecule has 0 saturated carbocycles. The predicted molar refractivity (Wildman–Crippen MR) is 79.7 cm³/mol. The lowest BCUT2D eigenvalue weighted by Gasteiger charge is -2.17. The topological polar surface area (TPSA) is 39.1 Å². The van der Waals surface area contributed by atoms with Gasteiger partial charge in [0.15, 0.2) is 0 Å². The van der Waals surface area contributed by atoms with Crippen molar-refractivity contribution in [2.24, 2.45) is 0 Å². The van der Waals surface area contributed by atoms with Crippen LogP contribution in [0.25, 0.3) is 0 Å². The molecule has 1 heterocycles. The molecule has 19 heavy (non-hydrogen) atoms. The summed E-state index contributed by atoms with van der Waals surface area (Å²) in [7, 11) is 1.74. The van der Waals surface area contributed by atoms with Crippen LogP contribution in [0.5, 0.6) is 0 Å². The Hall–Kier alpha value is -0.870. The Labute approximate surface area is 117 Å². The van der Waals surface area contributed by atoms with E-state index in [0.717, 1.165) is 19.4 Å². The lowest BCUT2D eigenvalue weighted by molar-refractivity contribution is 0.155. The fraction of sp³-hybridized carbons (Fsp3) is 0.800. The van der Waals surface area contributed by atoms with Crippen LogP contribution in [0.3, 0.4) is 0 Å². The fourth-order valence-corrected chi connectivity index (χ4v) is 2.73. The lowest BCUT2D eigenvalue weighted by Crippen LogP contribution is -2.20. The van der Waals surface area contributed by atoms with Crippen molar-refractivity contribution in [1.82, 2.24) is 15.1 Å². The van der Waals surface area contributed by atoms with Crippen LogP contribution in [0.2, 0.25) is 0 Å². The molecule has 4 nitrogen and oxygen atoms in total. The van der Waals surface area contributed by atoms with Crippen LogP contribution in [-0.2, 0) is 17.6 Å². The molecule has 0 fully saturated rings. The van der Waals surface area contributed by atoms with Crippen molar-refractivity contribution in [1.29, 1.82) is 0 Å². The molecule has 0 bridgehead atoms. The van der Waals surface area contributed by atoms with Crippen LogP contribution in [0.15, 0.2) is 0 Å². The number of nitrogens with zero attached hydrogens (tertiary/aromatic N) is 2. The number of aryl methyl sites for hydroxylation is 1. The van der Waals surface area contributed by atoms with E-state index in [1.807, 2.05) is 0 Å². The highest BCUT2D eigenvalue weighted by Gasteiger charge is 2.22. The van der Waals surface area contributed by atoms with Gasteiger partial charge in [0.2, 0.25) is 0 Å². The summed E-state index contributed by atoms with van der Waals surface area (Å²) < 4.78 is 7.43. The summed E-state index contributed by atoms with van der Waals surface area (Å²) in [6, 6.07) is 0.645. The van der Waals surface area contributed by atoms with E-state index in [0.29, 0.717) is 12.6 Å². The van der Waals surface area contributed by atoms with E-state index in [2.05, 4.69) is 44.6 Å². The van der Waals surface area contributed by atoms with Crippen molar-refractivity contribution in [2.75, 3.05) is 20.3 Å². The number of rotatable bonds is 8. The first-order valence-electron chi connectivity index (χ1n) is 7.42. The third-order valence-electron chi connectivity index (χ3n) is 3.57. The summed E-state index contributed by atoms with van der Waals surface area (Å²) in [6.45, 7) is 12.6. The quantitative estimate of drug-likeness (QED) is 0.787. The maximum absolute atomic E-state index is 5.27. The second-order valence-electron chi connectivity index (χ2n) is 5.04. The van der Waals surface area contributed by atoms with E-state index in [9.17, 15) is 0 Å². The molecule has 2 atom stereocenters. The summed E-state index contributed by atoms with van der Waals surface area (Å²) in [4.78, 5) is 0. The first-order chi connectivity index (χ1) is 9.10. The molecule has 2 unspecified atom stereocenters. The monoisotopic (exact) mass is 267 g/mol. The molecule has 0 spiro atoms. The molecule has 0 aromatic carbocycles. The van der Waals surface area contributed by atoms with E-state index < -0.39 is 0 Å². The van der Waals surface area contributed by atoms with Crippen LogP contribution >= 0.6 is 0 Å². The highest BCUT2D eigenvalue weighted by atomic mass is 16.5. The third-order valence-corrected chi connectivity index (χ3v) is 3.57. The third kappa shape index (κ3) is 3.57. The number of hydrogen-bond acceptors (Lipinski definition) is 3. The van der Waals surface area contributed by atoms with Gasteiger partial charge in [-0.15, -0.1) is 0 Å². The van der Waals surface area contributed by atoms with Gasteiger partial charge in [-0.2, -0.15) is 5.10 Å². The Morgan fingerprint density at radius 1 is 1.21 bits per heavy atom. The average molecular weight is 267 g/mol. The predicted octanol–water partition coefficient (Wildman–Crippen LogP) is 2.89. The van der Waals surface area contributed by atoms with Crippen molar-refractivity contribution in [2.45, 2.75) is 59.5 Å². The van der Waals surface area contributed by atoms with Crippen LogP contribution in [0.1, 0.15) is 63.7 Å². The van der Waals surface area contributed by atoms with Crippen molar-refractivity contribution < 1.29 is 4.74 Å². The SMILES string of the molecule is CCNC(C)c1c(CC)nn(C(C)COC)c1CC. The molecule has 110 valence electrons. The van der Waals surface area contributed by atoms with Crippen LogP contribution < -0.4 is 5.32 Å². The first-order valence-corrected chi connectivity index (χ1v) is 7.42. The van der Waals surface area contributed by atoms with E-state index in [1.54, 1.807) is 7.11 Å². The molecule has 0 amide bonds. The minimum atomic E-state index is 0.285. The van der Waals surface area contributed by atoms with Crippen LogP contribution in [0.4, 0.5) is 0 Å². The number of hydrogen-bond donors (Lipinski definition) is 1. The van der Waals surface area contributed by atoms with Gasteiger partial charge >= 0.3 is 0 Å². The highest BCUT2D eigenvalue weighted by molar-refractivity contribution is 5.30. The van der Waals surface area contributed by atoms with Gasteiger partial charge in [-0.3, -0.25) is 4.68 Å². The highest BCUT2D eigenvalue weighted by Crippen LogP contribution is 2.26. The zero-order valence-corrected chi connectivity index (χ0v) is 13.3. The normalized spacial score (nSPS) is 14.6. The Bertz CT molecular complexity index is 387. The van der Waals surface area contributed by atoms with Crippen molar-refractivity contribution >= 4 is 0 Å². The number of ether oxygens (including phenoxy) is 1. The molecular formula is C15H29N3O. The molecule has 1 rings (SSSR count). The second kappa shape index (κ2) is 7.65. The Kier molecular flexibility index (Phi) is 6.52. The van der Waals surface area contributed by atoms with Crippen molar-refractivity contribution in [3.8, 4) is 0 Å². The lowest BCUT2D eigenvalue weighted by atomic mass is 10.0. The van der Waals surface area contributed by atoms with Gasteiger partial charge in [-0.1, -0.05) is 20.8 Å². The van der Waals surface area contributed by atoms with Crippen molar-refractivity contribution in [3.05, 3.63) is 17.0 Å². The standard InChI is InChI=1S/C15H29N3O/c1-7-13-15(12(5)16-9-3)14(8-2)18(17-13)11(4)10-19-6/h11-12,16H,7-10H2,1-6H3. The molecule has 4 heteroatoms. The van der Waals surface area contributed by atoms with Gasteiger partial charge in [-0.25, -0.2) is 0 Å². The summed E-state index contributed by atoms with van der Waals surface area (Å²) in [5.41, 5.74) is 3.94. The van der Waals surface area contributed by atoms with Gasteiger partial charge in [-0.05, 0) is 33.2 Å². The van der Waals surface area contributed by atoms with Gasteiger partial charge in [0.1, 0.15) is 0 Å². The zero-order valence-electron chi connectivity index (χ0n) is 13.3.